The minimum atomic E-state index is -4.73. The molecule has 326 valence electrons. The lowest BCUT2D eigenvalue weighted by molar-refractivity contribution is -0.161. The maximum atomic E-state index is 12.6. The van der Waals surface area contributed by atoms with Gasteiger partial charge in [-0.1, -0.05) is 138 Å². The van der Waals surface area contributed by atoms with Gasteiger partial charge in [0.1, 0.15) is 12.6 Å². The number of phosphoric ester groups is 1. The number of hydrogen-bond donors (Lipinski definition) is 3. The number of carbonyl (C=O) groups is 3. The molecule has 0 fully saturated rings. The van der Waals surface area contributed by atoms with Crippen molar-refractivity contribution in [1.82, 2.24) is 0 Å². The van der Waals surface area contributed by atoms with Crippen LogP contribution in [0.4, 0.5) is 0 Å². The minimum absolute atomic E-state index is 0.126. The maximum Gasteiger partial charge on any atom is 0.472 e. The normalized spacial score (nSPS) is 14.5. The van der Waals surface area contributed by atoms with E-state index in [0.29, 0.717) is 12.8 Å². The van der Waals surface area contributed by atoms with Gasteiger partial charge in [0.25, 0.3) is 0 Å². The molecule has 4 N–H and O–H groups in total. The number of ether oxygens (including phenoxy) is 2. The fourth-order valence-corrected chi connectivity index (χ4v) is 6.10. The van der Waals surface area contributed by atoms with Crippen LogP contribution in [0.3, 0.4) is 0 Å². The van der Waals surface area contributed by atoms with E-state index in [9.17, 15) is 23.8 Å². The van der Waals surface area contributed by atoms with Gasteiger partial charge < -0.3 is 25.2 Å². The van der Waals surface area contributed by atoms with E-state index in [-0.39, 0.29) is 19.4 Å². The van der Waals surface area contributed by atoms with Crippen LogP contribution in [-0.4, -0.2) is 59.9 Å². The highest BCUT2D eigenvalue weighted by Gasteiger charge is 2.28. The Balaban J connectivity index is 4.46. The maximum absolute atomic E-state index is 12.6. The van der Waals surface area contributed by atoms with Crippen molar-refractivity contribution in [3.63, 3.8) is 0 Å². The molecule has 0 aliphatic carbocycles. The summed E-state index contributed by atoms with van der Waals surface area (Å²) in [6.07, 6.45) is 46.7. The number of unbranched alkanes of at least 4 members (excludes halogenated alkanes) is 13. The van der Waals surface area contributed by atoms with Gasteiger partial charge in [0.15, 0.2) is 6.10 Å². The summed E-state index contributed by atoms with van der Waals surface area (Å²) in [7, 11) is -4.73. The van der Waals surface area contributed by atoms with Crippen LogP contribution in [0.2, 0.25) is 0 Å². The number of phosphoric acid groups is 1. The molecule has 11 nitrogen and oxygen atoms in total. The number of allylic oxidation sites excluding steroid dienone is 12. The van der Waals surface area contributed by atoms with Gasteiger partial charge in [-0.15, -0.1) is 0 Å². The summed E-state index contributed by atoms with van der Waals surface area (Å²) in [6.45, 7) is 2.62. The molecule has 57 heavy (non-hydrogen) atoms. The van der Waals surface area contributed by atoms with E-state index in [2.05, 4.69) is 91.3 Å². The van der Waals surface area contributed by atoms with Crippen molar-refractivity contribution in [2.45, 2.75) is 174 Å². The predicted octanol–water partition coefficient (Wildman–Crippen LogP) is 11.3. The van der Waals surface area contributed by atoms with E-state index in [1.54, 1.807) is 0 Å². The van der Waals surface area contributed by atoms with E-state index in [1.165, 1.54) is 25.7 Å². The molecule has 3 unspecified atom stereocenters. The molecular formula is C45H76NO10P. The number of aliphatic carboxylic acids is 1. The lowest BCUT2D eigenvalue weighted by Crippen LogP contribution is -2.34. The molecule has 0 saturated carbocycles. The Morgan fingerprint density at radius 3 is 1.47 bits per heavy atom. The first-order valence-corrected chi connectivity index (χ1v) is 23.0. The molecule has 0 saturated heterocycles. The molecule has 0 amide bonds. The zero-order valence-corrected chi connectivity index (χ0v) is 36.0. The third-order valence-corrected chi connectivity index (χ3v) is 9.64. The van der Waals surface area contributed by atoms with Crippen molar-refractivity contribution in [2.75, 3.05) is 19.8 Å². The molecule has 0 heterocycles. The Hall–Kier alpha value is -3.08. The highest BCUT2D eigenvalue weighted by molar-refractivity contribution is 7.47. The lowest BCUT2D eigenvalue weighted by Gasteiger charge is -2.20. The van der Waals surface area contributed by atoms with Crippen LogP contribution < -0.4 is 5.73 Å². The number of carboxylic acid groups (broad SMARTS) is 1. The lowest BCUT2D eigenvalue weighted by atomic mass is 10.1. The monoisotopic (exact) mass is 822 g/mol. The summed E-state index contributed by atoms with van der Waals surface area (Å²) in [5.41, 5.74) is 5.33. The van der Waals surface area contributed by atoms with Crippen LogP contribution in [0.25, 0.3) is 0 Å². The number of hydrogen-bond acceptors (Lipinski definition) is 9. The van der Waals surface area contributed by atoms with Crippen molar-refractivity contribution in [3.8, 4) is 0 Å². The van der Waals surface area contributed by atoms with Crippen molar-refractivity contribution >= 4 is 25.7 Å². The second-order valence-corrected chi connectivity index (χ2v) is 15.5. The molecule has 0 aromatic carbocycles. The quantitative estimate of drug-likeness (QED) is 0.0233. The molecule has 0 bridgehead atoms. The van der Waals surface area contributed by atoms with E-state index < -0.39 is 51.1 Å². The van der Waals surface area contributed by atoms with Crippen LogP contribution in [0.5, 0.6) is 0 Å². The van der Waals surface area contributed by atoms with Gasteiger partial charge in [-0.3, -0.25) is 23.4 Å². The van der Waals surface area contributed by atoms with Crippen LogP contribution in [0, 0.1) is 0 Å². The standard InChI is InChI=1S/C45H76NO10P/c1-3-5-7-9-11-13-15-17-19-21-23-25-27-29-31-33-35-37-44(48)56-41(39-54-57(51,52)55-40-42(46)45(49)50)38-53-43(47)36-34-32-30-28-26-24-22-20-18-16-14-12-10-8-6-4-2/h5,7,11,13-14,16-17,19-20,22-23,25,41-42H,3-4,6,8-10,12,15,18,21,24,26-40,46H2,1-2H3,(H,49,50)(H,51,52)/b7-5-,13-11-,16-14-,19-17-,22-20-,25-23-. The highest BCUT2D eigenvalue weighted by Crippen LogP contribution is 2.43. The van der Waals surface area contributed by atoms with Crippen LogP contribution in [0.15, 0.2) is 72.9 Å². The van der Waals surface area contributed by atoms with Gasteiger partial charge in [0.2, 0.25) is 0 Å². The Bertz CT molecular complexity index is 1240. The molecule has 0 spiro atoms. The van der Waals surface area contributed by atoms with E-state index in [4.69, 9.17) is 24.8 Å². The first-order chi connectivity index (χ1) is 27.6. The molecule has 12 heteroatoms. The fourth-order valence-electron chi connectivity index (χ4n) is 5.32. The number of carbonyl (C=O) groups excluding carboxylic acids is 2. The van der Waals surface area contributed by atoms with Gasteiger partial charge in [0.05, 0.1) is 13.2 Å². The minimum Gasteiger partial charge on any atom is -0.480 e. The summed E-state index contributed by atoms with van der Waals surface area (Å²) < 4.78 is 32.6. The first kappa shape index (κ1) is 53.9. The Morgan fingerprint density at radius 2 is 0.982 bits per heavy atom. The number of rotatable bonds is 39. The summed E-state index contributed by atoms with van der Waals surface area (Å²) in [5.74, 6) is -2.44. The Kier molecular flexibility index (Phi) is 37.6. The molecule has 0 aliphatic rings. The molecule has 0 radical (unpaired) electrons. The zero-order chi connectivity index (χ0) is 42.1. The third kappa shape index (κ3) is 39.5. The molecular weight excluding hydrogens is 745 g/mol. The Morgan fingerprint density at radius 1 is 0.561 bits per heavy atom. The van der Waals surface area contributed by atoms with E-state index in [0.717, 1.165) is 96.3 Å². The van der Waals surface area contributed by atoms with Crippen LogP contribution >= 0.6 is 7.82 Å². The van der Waals surface area contributed by atoms with Gasteiger partial charge in [-0.05, 0) is 83.5 Å². The average molecular weight is 822 g/mol. The average Bonchev–Trinajstić information content (AvgIpc) is 3.19. The van der Waals surface area contributed by atoms with Crippen molar-refractivity contribution < 1.29 is 47.5 Å². The highest BCUT2D eigenvalue weighted by atomic mass is 31.2. The number of carboxylic acids is 1. The second-order valence-electron chi connectivity index (χ2n) is 14.1. The van der Waals surface area contributed by atoms with Gasteiger partial charge in [-0.2, -0.15) is 0 Å². The predicted molar refractivity (Wildman–Crippen MR) is 231 cm³/mol. The van der Waals surface area contributed by atoms with E-state index >= 15 is 0 Å². The summed E-state index contributed by atoms with van der Waals surface area (Å²) in [6, 6.07) is -1.53. The zero-order valence-electron chi connectivity index (χ0n) is 35.2. The summed E-state index contributed by atoms with van der Waals surface area (Å²) >= 11 is 0. The third-order valence-electron chi connectivity index (χ3n) is 8.69. The molecule has 3 atom stereocenters. The van der Waals surface area contributed by atoms with Gasteiger partial charge in [-0.25, -0.2) is 4.57 Å². The van der Waals surface area contributed by atoms with Crippen molar-refractivity contribution in [2.24, 2.45) is 5.73 Å². The Labute approximate surface area is 344 Å². The smallest absolute Gasteiger partial charge is 0.472 e. The second kappa shape index (κ2) is 39.7. The van der Waals surface area contributed by atoms with Gasteiger partial charge in [0, 0.05) is 12.8 Å². The van der Waals surface area contributed by atoms with Crippen molar-refractivity contribution in [3.05, 3.63) is 72.9 Å². The first-order valence-electron chi connectivity index (χ1n) is 21.5. The van der Waals surface area contributed by atoms with Crippen LogP contribution in [0.1, 0.15) is 162 Å². The number of esters is 2. The van der Waals surface area contributed by atoms with E-state index in [1.807, 2.05) is 0 Å². The topological polar surface area (TPSA) is 172 Å². The molecule has 0 aromatic rings. The molecule has 0 rings (SSSR count). The van der Waals surface area contributed by atoms with Gasteiger partial charge >= 0.3 is 25.7 Å². The summed E-state index contributed by atoms with van der Waals surface area (Å²) in [4.78, 5) is 45.9. The SMILES string of the molecule is CC/C=C\C/C=C\C/C=C\C/C=C\CCCCCCC(=O)OC(COC(=O)CCCCCCC/C=C\C/C=C\CCCCCC)COP(=O)(O)OCC(N)C(=O)O. The summed E-state index contributed by atoms with van der Waals surface area (Å²) in [5, 5.41) is 8.89. The van der Waals surface area contributed by atoms with Crippen molar-refractivity contribution in [1.29, 1.82) is 0 Å². The number of nitrogens with two attached hydrogens (primary N) is 1. The van der Waals surface area contributed by atoms with Crippen LogP contribution in [-0.2, 0) is 37.5 Å². The molecule has 0 aliphatic heterocycles. The molecule has 0 aromatic heterocycles. The fraction of sp³-hybridized carbons (Fsp3) is 0.667. The largest absolute Gasteiger partial charge is 0.480 e.